The second-order valence-electron chi connectivity index (χ2n) is 6.57. The van der Waals surface area contributed by atoms with Gasteiger partial charge in [-0.1, -0.05) is 24.4 Å². The first-order valence-electron chi connectivity index (χ1n) is 8.35. The number of aliphatic carboxylic acids is 1. The number of methoxy groups -OCH3 is 1. The molecule has 1 aromatic rings. The Morgan fingerprint density at radius 1 is 1.22 bits per heavy atom. The Morgan fingerprint density at radius 2 is 1.87 bits per heavy atom. The Kier molecular flexibility index (Phi) is 4.72. The molecule has 0 atom stereocenters. The number of hydrogen-bond donors (Lipinski definition) is 1. The molecule has 126 valence electrons. The van der Waals surface area contributed by atoms with Gasteiger partial charge in [-0.3, -0.25) is 4.79 Å². The van der Waals surface area contributed by atoms with Crippen molar-refractivity contribution in [2.75, 3.05) is 7.11 Å². The lowest BCUT2D eigenvalue weighted by atomic mass is 9.78. The zero-order chi connectivity index (χ0) is 16.4. The maximum absolute atomic E-state index is 12.1. The molecule has 23 heavy (non-hydrogen) atoms. The van der Waals surface area contributed by atoms with Crippen molar-refractivity contribution in [3.8, 4) is 11.5 Å². The molecule has 4 nitrogen and oxygen atoms in total. The fourth-order valence-corrected chi connectivity index (χ4v) is 4.32. The molecule has 2 aliphatic rings. The Morgan fingerprint density at radius 3 is 2.43 bits per heavy atom. The molecule has 0 radical (unpaired) electrons. The zero-order valence-electron chi connectivity index (χ0n) is 13.4. The molecule has 0 amide bonds. The normalized spacial score (nSPS) is 20.6. The summed E-state index contributed by atoms with van der Waals surface area (Å²) >= 11 is 6.46. The van der Waals surface area contributed by atoms with Crippen LogP contribution in [0.5, 0.6) is 11.5 Å². The van der Waals surface area contributed by atoms with E-state index in [2.05, 4.69) is 0 Å². The second kappa shape index (κ2) is 6.60. The van der Waals surface area contributed by atoms with Gasteiger partial charge in [-0.15, -0.1) is 0 Å². The van der Waals surface area contributed by atoms with Gasteiger partial charge >= 0.3 is 5.97 Å². The molecule has 3 rings (SSSR count). The van der Waals surface area contributed by atoms with Crippen LogP contribution in [0.4, 0.5) is 0 Å². The summed E-state index contributed by atoms with van der Waals surface area (Å²) in [6.07, 6.45) is 7.37. The van der Waals surface area contributed by atoms with Crippen molar-refractivity contribution in [3.05, 3.63) is 22.7 Å². The second-order valence-corrected chi connectivity index (χ2v) is 6.98. The monoisotopic (exact) mass is 338 g/mol. The molecule has 2 saturated carbocycles. The lowest BCUT2D eigenvalue weighted by molar-refractivity contribution is -0.143. The molecule has 0 heterocycles. The van der Waals surface area contributed by atoms with E-state index >= 15 is 0 Å². The molecule has 0 aliphatic heterocycles. The molecule has 2 fully saturated rings. The number of benzene rings is 1. The van der Waals surface area contributed by atoms with E-state index < -0.39 is 11.4 Å². The molecular formula is C18H23ClO4. The molecule has 0 unspecified atom stereocenters. The van der Waals surface area contributed by atoms with Crippen molar-refractivity contribution in [2.24, 2.45) is 0 Å². The maximum atomic E-state index is 12.1. The Balaban J connectivity index is 2.11. The molecular weight excluding hydrogens is 316 g/mol. The van der Waals surface area contributed by atoms with Gasteiger partial charge in [-0.05, 0) is 50.7 Å². The fourth-order valence-electron chi connectivity index (χ4n) is 3.99. The van der Waals surface area contributed by atoms with E-state index in [0.717, 1.165) is 38.5 Å². The number of carboxylic acid groups (broad SMARTS) is 1. The van der Waals surface area contributed by atoms with Gasteiger partial charge < -0.3 is 14.6 Å². The summed E-state index contributed by atoms with van der Waals surface area (Å²) in [6, 6.07) is 3.49. The van der Waals surface area contributed by atoms with Gasteiger partial charge in [0, 0.05) is 10.6 Å². The van der Waals surface area contributed by atoms with Gasteiger partial charge in [0.15, 0.2) is 11.5 Å². The number of hydrogen-bond acceptors (Lipinski definition) is 3. The zero-order valence-corrected chi connectivity index (χ0v) is 14.2. The average Bonchev–Trinajstić information content (AvgIpc) is 3.19. The van der Waals surface area contributed by atoms with Gasteiger partial charge in [-0.25, -0.2) is 0 Å². The highest BCUT2D eigenvalue weighted by atomic mass is 35.5. The lowest BCUT2D eigenvalue weighted by Crippen LogP contribution is -2.34. The Hall–Kier alpha value is -1.42. The van der Waals surface area contributed by atoms with Crippen LogP contribution in [0.1, 0.15) is 56.9 Å². The smallest absolute Gasteiger partial charge is 0.314 e. The topological polar surface area (TPSA) is 55.8 Å². The van der Waals surface area contributed by atoms with Crippen molar-refractivity contribution >= 4 is 17.6 Å². The molecule has 0 aromatic heterocycles. The molecule has 0 bridgehead atoms. The molecule has 0 saturated heterocycles. The maximum Gasteiger partial charge on any atom is 0.314 e. The summed E-state index contributed by atoms with van der Waals surface area (Å²) in [7, 11) is 1.58. The van der Waals surface area contributed by atoms with Crippen molar-refractivity contribution < 1.29 is 19.4 Å². The van der Waals surface area contributed by atoms with Gasteiger partial charge in [0.1, 0.15) is 0 Å². The van der Waals surface area contributed by atoms with E-state index in [1.54, 1.807) is 19.2 Å². The number of rotatable bonds is 5. The van der Waals surface area contributed by atoms with E-state index in [1.165, 1.54) is 0 Å². The lowest BCUT2D eigenvalue weighted by Gasteiger charge is -2.30. The minimum atomic E-state index is -0.959. The van der Waals surface area contributed by atoms with Crippen LogP contribution in [0.15, 0.2) is 12.1 Å². The Bertz CT molecular complexity index is 587. The first kappa shape index (κ1) is 16.4. The van der Waals surface area contributed by atoms with Crippen LogP contribution < -0.4 is 9.47 Å². The van der Waals surface area contributed by atoms with Crippen molar-refractivity contribution in [2.45, 2.75) is 62.9 Å². The first-order valence-corrected chi connectivity index (χ1v) is 8.73. The van der Waals surface area contributed by atoms with E-state index in [-0.39, 0.29) is 6.10 Å². The predicted octanol–water partition coefficient (Wildman–Crippen LogP) is 4.57. The van der Waals surface area contributed by atoms with Crippen molar-refractivity contribution in [1.29, 1.82) is 0 Å². The molecule has 1 aromatic carbocycles. The van der Waals surface area contributed by atoms with E-state index in [0.29, 0.717) is 34.9 Å². The van der Waals surface area contributed by atoms with Gasteiger partial charge in [-0.2, -0.15) is 0 Å². The van der Waals surface area contributed by atoms with Gasteiger partial charge in [0.25, 0.3) is 0 Å². The molecule has 2 aliphatic carbocycles. The summed E-state index contributed by atoms with van der Waals surface area (Å²) in [5.41, 5.74) is -0.352. The van der Waals surface area contributed by atoms with Crippen LogP contribution in [0, 0.1) is 0 Å². The summed E-state index contributed by atoms with van der Waals surface area (Å²) in [6.45, 7) is 0. The van der Waals surface area contributed by atoms with Crippen LogP contribution >= 0.6 is 11.6 Å². The highest BCUT2D eigenvalue weighted by Crippen LogP contribution is 2.51. The predicted molar refractivity (Wildman–Crippen MR) is 88.7 cm³/mol. The van der Waals surface area contributed by atoms with E-state index in [4.69, 9.17) is 21.1 Å². The third-order valence-corrected chi connectivity index (χ3v) is 5.54. The average molecular weight is 339 g/mol. The molecule has 5 heteroatoms. The number of halogens is 1. The summed E-state index contributed by atoms with van der Waals surface area (Å²) in [5.74, 6) is 0.293. The SMILES string of the molecule is COc1ccc(Cl)c(C2(C(=O)O)CCCC2)c1OC1CCCC1. The van der Waals surface area contributed by atoms with Crippen LogP contribution in [-0.4, -0.2) is 24.3 Å². The van der Waals surface area contributed by atoms with Crippen LogP contribution in [0.3, 0.4) is 0 Å². The summed E-state index contributed by atoms with van der Waals surface area (Å²) < 4.78 is 11.7. The van der Waals surface area contributed by atoms with Crippen LogP contribution in [0.2, 0.25) is 5.02 Å². The summed E-state index contributed by atoms with van der Waals surface area (Å²) in [5, 5.41) is 10.4. The number of carboxylic acids is 1. The quantitative estimate of drug-likeness (QED) is 0.854. The van der Waals surface area contributed by atoms with Crippen molar-refractivity contribution in [3.63, 3.8) is 0 Å². The molecule has 1 N–H and O–H groups in total. The minimum absolute atomic E-state index is 0.119. The minimum Gasteiger partial charge on any atom is -0.493 e. The highest BCUT2D eigenvalue weighted by molar-refractivity contribution is 6.32. The van der Waals surface area contributed by atoms with E-state index in [1.807, 2.05) is 0 Å². The highest BCUT2D eigenvalue weighted by Gasteiger charge is 2.47. The van der Waals surface area contributed by atoms with E-state index in [9.17, 15) is 9.90 Å². The number of carbonyl (C=O) groups is 1. The van der Waals surface area contributed by atoms with Crippen molar-refractivity contribution in [1.82, 2.24) is 0 Å². The number of ether oxygens (including phenoxy) is 2. The van der Waals surface area contributed by atoms with Crippen LogP contribution in [0.25, 0.3) is 0 Å². The van der Waals surface area contributed by atoms with Gasteiger partial charge in [0.05, 0.1) is 18.6 Å². The van der Waals surface area contributed by atoms with Crippen LogP contribution in [-0.2, 0) is 10.2 Å². The molecule has 0 spiro atoms. The Labute approximate surface area is 141 Å². The standard InChI is InChI=1S/C18H23ClO4/c1-22-14-9-8-13(19)15(16(14)23-12-6-2-3-7-12)18(17(20)21)10-4-5-11-18/h8-9,12H,2-7,10-11H2,1H3,(H,20,21). The third kappa shape index (κ3) is 2.89. The fraction of sp³-hybridized carbons (Fsp3) is 0.611. The summed E-state index contributed by atoms with van der Waals surface area (Å²) in [4.78, 5) is 12.1. The third-order valence-electron chi connectivity index (χ3n) is 5.22. The first-order chi connectivity index (χ1) is 11.1. The largest absolute Gasteiger partial charge is 0.493 e. The van der Waals surface area contributed by atoms with Gasteiger partial charge in [0.2, 0.25) is 0 Å².